The largest absolute Gasteiger partial charge is 0.356 e. The Labute approximate surface area is 191 Å². The van der Waals surface area contributed by atoms with Crippen LogP contribution in [0.5, 0.6) is 0 Å². The van der Waals surface area contributed by atoms with Crippen LogP contribution in [0, 0.1) is 0 Å². The van der Waals surface area contributed by atoms with Crippen molar-refractivity contribution in [3.8, 4) is 0 Å². The molecule has 0 aliphatic heterocycles. The number of hydrogen-bond donors (Lipinski definition) is 1. The molecule has 0 unspecified atom stereocenters. The molecule has 114 valence electrons. The van der Waals surface area contributed by atoms with E-state index in [0.717, 1.165) is 0 Å². The highest BCUT2D eigenvalue weighted by Gasteiger charge is 2.22. The fourth-order valence-electron chi connectivity index (χ4n) is 4.09. The van der Waals surface area contributed by atoms with Gasteiger partial charge in [0.05, 0.1) is 0 Å². The topological polar surface area (TPSA) is 15.8 Å². The first-order valence-electron chi connectivity index (χ1n) is 8.79. The van der Waals surface area contributed by atoms with E-state index in [4.69, 9.17) is 78.5 Å². The zero-order chi connectivity index (χ0) is 21.8. The lowest BCUT2D eigenvalue weighted by molar-refractivity contribution is 1.59. The second-order valence-corrected chi connectivity index (χ2v) is 8.29. The summed E-state index contributed by atoms with van der Waals surface area (Å²) in [6.45, 7) is 0. The molecule has 5 aromatic rings. The van der Waals surface area contributed by atoms with Crippen LogP contribution < -0.4 is 54.6 Å². The minimum Gasteiger partial charge on any atom is -0.356 e. The molecular weight excluding hydrogens is 370 g/mol. The first kappa shape index (κ1) is 20.2. The lowest BCUT2D eigenvalue weighted by Crippen LogP contribution is -2.47. The Balaban J connectivity index is 2.24. The molecule has 0 atom stereocenters. The van der Waals surface area contributed by atoms with Crippen LogP contribution >= 0.6 is 11.3 Å². The van der Waals surface area contributed by atoms with Gasteiger partial charge in [0.2, 0.25) is 0 Å². The second-order valence-electron chi connectivity index (χ2n) is 7.27. The molecule has 0 bridgehead atoms. The van der Waals surface area contributed by atoms with Crippen LogP contribution in [0.3, 0.4) is 0 Å². The summed E-state index contributed by atoms with van der Waals surface area (Å²) in [5, 5.41) is 2.53. The van der Waals surface area contributed by atoms with Gasteiger partial charge < -0.3 is 4.98 Å². The van der Waals surface area contributed by atoms with E-state index in [1.165, 1.54) is 11.3 Å². The normalized spacial score (nSPS) is 12.0. The summed E-state index contributed by atoms with van der Waals surface area (Å²) in [6.07, 6.45) is 0. The Morgan fingerprint density at radius 2 is 0.767 bits per heavy atom. The van der Waals surface area contributed by atoms with Crippen molar-refractivity contribution in [2.75, 3.05) is 0 Å². The van der Waals surface area contributed by atoms with Gasteiger partial charge in [-0.15, -0.1) is 33.2 Å². The first-order chi connectivity index (χ1) is 14.1. The molecule has 20 radical (unpaired) electrons. The van der Waals surface area contributed by atoms with Gasteiger partial charge in [0.25, 0.3) is 0 Å². The van der Waals surface area contributed by atoms with Gasteiger partial charge in [-0.1, -0.05) is 32.8 Å². The lowest BCUT2D eigenvalue weighted by Gasteiger charge is -2.15. The fourth-order valence-corrected chi connectivity index (χ4v) is 5.36. The molecule has 0 saturated heterocycles. The molecule has 30 heavy (non-hydrogen) atoms. The van der Waals surface area contributed by atoms with E-state index in [0.29, 0.717) is 58.4 Å². The quantitative estimate of drug-likeness (QED) is 0.261. The number of rotatable bonds is 0. The van der Waals surface area contributed by atoms with Crippen LogP contribution in [0.2, 0.25) is 0 Å². The Bertz CT molecular complexity index is 1480. The van der Waals surface area contributed by atoms with E-state index in [9.17, 15) is 0 Å². The van der Waals surface area contributed by atoms with Crippen molar-refractivity contribution in [2.45, 2.75) is 0 Å². The SMILES string of the molecule is [B]c1c([B])c([B])c2c([nH]c3c([B])c([B])c4sc5c([B])c([B])c([B])c([B])c5c4c32)c1[B]. The van der Waals surface area contributed by atoms with Crippen molar-refractivity contribution >= 4 is 186 Å². The zero-order valence-corrected chi connectivity index (χ0v) is 16.5. The summed E-state index contributed by atoms with van der Waals surface area (Å²) in [4.78, 5) is 3.20. The maximum atomic E-state index is 6.39. The number of H-pyrrole nitrogens is 1. The standard InChI is InChI=1S/C18HB10NS/c19-5-3-1-2-4-6(20)8(22)10(24)13(27)18(4)30-17(2)14(28)12(26)15(1)29-16(3)11(25)9(23)7(5)21/h29H. The van der Waals surface area contributed by atoms with Crippen molar-refractivity contribution in [2.24, 2.45) is 0 Å². The molecule has 0 amide bonds. The summed E-state index contributed by atoms with van der Waals surface area (Å²) < 4.78 is 1.32. The van der Waals surface area contributed by atoms with E-state index in [2.05, 4.69) is 4.98 Å². The Morgan fingerprint density at radius 3 is 1.40 bits per heavy atom. The fraction of sp³-hybridized carbons (Fsp3) is 0. The second kappa shape index (κ2) is 6.42. The number of benzene rings is 3. The average Bonchev–Trinajstić information content (AvgIpc) is 3.31. The van der Waals surface area contributed by atoms with E-state index in [1.54, 1.807) is 0 Å². The van der Waals surface area contributed by atoms with E-state index in [-0.39, 0.29) is 38.2 Å². The first-order valence-corrected chi connectivity index (χ1v) is 9.61. The lowest BCUT2D eigenvalue weighted by atomic mass is 9.64. The van der Waals surface area contributed by atoms with Gasteiger partial charge in [-0.05, 0) is 10.8 Å². The van der Waals surface area contributed by atoms with E-state index in [1.807, 2.05) is 0 Å². The highest BCUT2D eigenvalue weighted by Crippen LogP contribution is 2.37. The van der Waals surface area contributed by atoms with Gasteiger partial charge in [0.15, 0.2) is 0 Å². The average molecular weight is 371 g/mol. The number of aromatic nitrogens is 1. The predicted octanol–water partition coefficient (Wildman–Crippen LogP) is -6.37. The zero-order valence-electron chi connectivity index (χ0n) is 15.7. The molecule has 0 saturated carbocycles. The van der Waals surface area contributed by atoms with Crippen molar-refractivity contribution < 1.29 is 0 Å². The molecule has 0 aliphatic carbocycles. The van der Waals surface area contributed by atoms with Crippen molar-refractivity contribution in [1.29, 1.82) is 0 Å². The van der Waals surface area contributed by atoms with Crippen LogP contribution in [0.25, 0.3) is 42.0 Å². The summed E-state index contributed by atoms with van der Waals surface area (Å²) in [5.41, 5.74) is 3.64. The van der Waals surface area contributed by atoms with Crippen LogP contribution in [0.4, 0.5) is 0 Å². The van der Waals surface area contributed by atoms with Gasteiger partial charge in [-0.3, -0.25) is 0 Å². The van der Waals surface area contributed by atoms with Crippen LogP contribution in [0.15, 0.2) is 0 Å². The molecule has 2 heterocycles. The molecule has 5 rings (SSSR count). The maximum Gasteiger partial charge on any atom is 0.115 e. The number of nitrogens with one attached hydrogen (secondary N) is 1. The van der Waals surface area contributed by atoms with Gasteiger partial charge in [-0.2, -0.15) is 0 Å². The molecule has 2 aromatic heterocycles. The number of fused-ring (bicyclic) bond motifs is 7. The number of thiophene rings is 1. The third kappa shape index (κ3) is 2.27. The van der Waals surface area contributed by atoms with Crippen molar-refractivity contribution in [1.82, 2.24) is 4.98 Å². The Morgan fingerprint density at radius 1 is 0.367 bits per heavy atom. The third-order valence-corrected chi connectivity index (χ3v) is 7.01. The molecule has 3 aromatic carbocycles. The highest BCUT2D eigenvalue weighted by molar-refractivity contribution is 7.28. The molecular formula is C18HB10NS. The summed E-state index contributed by atoms with van der Waals surface area (Å²) in [5.74, 6) is 0. The van der Waals surface area contributed by atoms with Gasteiger partial charge in [-0.25, -0.2) is 0 Å². The van der Waals surface area contributed by atoms with E-state index >= 15 is 0 Å². The van der Waals surface area contributed by atoms with Crippen LogP contribution in [-0.4, -0.2) is 83.4 Å². The molecule has 12 heteroatoms. The van der Waals surface area contributed by atoms with Gasteiger partial charge in [0, 0.05) is 31.2 Å². The molecule has 1 nitrogen and oxygen atoms in total. The van der Waals surface area contributed by atoms with Crippen molar-refractivity contribution in [3.05, 3.63) is 0 Å². The third-order valence-electron chi connectivity index (χ3n) is 5.76. The van der Waals surface area contributed by atoms with E-state index < -0.39 is 0 Å². The minimum absolute atomic E-state index is 0.181. The number of aromatic amines is 1. The maximum absolute atomic E-state index is 6.39. The minimum atomic E-state index is 0.181. The molecule has 0 spiro atoms. The van der Waals surface area contributed by atoms with Gasteiger partial charge >= 0.3 is 0 Å². The smallest absolute Gasteiger partial charge is 0.115 e. The predicted molar refractivity (Wildman–Crippen MR) is 143 cm³/mol. The van der Waals surface area contributed by atoms with Crippen LogP contribution in [-0.2, 0) is 0 Å². The summed E-state index contributed by atoms with van der Waals surface area (Å²) >= 11 is 1.32. The highest BCUT2D eigenvalue weighted by atomic mass is 32.1. The van der Waals surface area contributed by atoms with Crippen LogP contribution in [0.1, 0.15) is 0 Å². The molecule has 1 N–H and O–H groups in total. The van der Waals surface area contributed by atoms with Crippen molar-refractivity contribution in [3.63, 3.8) is 0 Å². The summed E-state index contributed by atoms with van der Waals surface area (Å²) in [7, 11) is 62.3. The monoisotopic (exact) mass is 373 g/mol. The molecule has 0 aliphatic rings. The molecule has 0 fully saturated rings. The summed E-state index contributed by atoms with van der Waals surface area (Å²) in [6, 6.07) is 0. The van der Waals surface area contributed by atoms with Gasteiger partial charge in [0.1, 0.15) is 78.5 Å². The Hall–Kier alpha value is -1.67. The number of hydrogen-bond acceptors (Lipinski definition) is 1. The Kier molecular flexibility index (Phi) is 4.33.